The Labute approximate surface area is 141 Å². The van der Waals surface area contributed by atoms with Gasteiger partial charge in [0.15, 0.2) is 0 Å². The second-order valence-electron chi connectivity index (χ2n) is 4.88. The van der Waals surface area contributed by atoms with Crippen molar-refractivity contribution in [1.29, 1.82) is 0 Å². The molecule has 1 atom stereocenters. The molecule has 0 radical (unpaired) electrons. The molecule has 0 saturated carbocycles. The summed E-state index contributed by atoms with van der Waals surface area (Å²) in [5.41, 5.74) is 3.31. The Morgan fingerprint density at radius 2 is 1.38 bits per heavy atom. The third kappa shape index (κ3) is 6.15. The molecule has 2 aromatic rings. The molecular formula is C16H18INO2S. The predicted octanol–water partition coefficient (Wildman–Crippen LogP) is 4.41. The first kappa shape index (κ1) is 16.5. The van der Waals surface area contributed by atoms with E-state index in [1.807, 2.05) is 24.3 Å². The van der Waals surface area contributed by atoms with Crippen LogP contribution in [0.5, 0.6) is 0 Å². The molecule has 0 aliphatic heterocycles. The van der Waals surface area contributed by atoms with E-state index in [1.54, 1.807) is 0 Å². The summed E-state index contributed by atoms with van der Waals surface area (Å²) in [5, 5.41) is 0. The zero-order chi connectivity index (χ0) is 15.1. The van der Waals surface area contributed by atoms with Crippen LogP contribution in [0.4, 0.5) is 5.69 Å². The van der Waals surface area contributed by atoms with Crippen molar-refractivity contribution in [3.05, 3.63) is 63.2 Å². The molecule has 0 spiro atoms. The molecule has 112 valence electrons. The quantitative estimate of drug-likeness (QED) is 0.400. The summed E-state index contributed by atoms with van der Waals surface area (Å²) in [4.78, 5) is 0. The summed E-state index contributed by atoms with van der Waals surface area (Å²) in [5.74, 6) is 0. The maximum absolute atomic E-state index is 10.6. The maximum atomic E-state index is 10.6. The van der Waals surface area contributed by atoms with Gasteiger partial charge >= 0.3 is 0 Å². The monoisotopic (exact) mass is 415 g/mol. The Hall–Kier alpha value is -0.920. The molecule has 0 fully saturated rings. The Balaban J connectivity index is 1.73. The molecule has 0 aromatic heterocycles. The van der Waals surface area contributed by atoms with Crippen molar-refractivity contribution in [2.24, 2.45) is 0 Å². The number of halogens is 1. The lowest BCUT2D eigenvalue weighted by Crippen LogP contribution is -2.01. The van der Waals surface area contributed by atoms with E-state index < -0.39 is 11.3 Å². The SMILES string of the molecule is O=S(O)Nc1ccc(CCCCc2ccc(I)cc2)cc1. The van der Waals surface area contributed by atoms with Crippen molar-refractivity contribution in [3.63, 3.8) is 0 Å². The highest BCUT2D eigenvalue weighted by Gasteiger charge is 1.98. The van der Waals surface area contributed by atoms with Gasteiger partial charge in [-0.25, -0.2) is 4.21 Å². The third-order valence-corrected chi connectivity index (χ3v) is 4.38. The van der Waals surface area contributed by atoms with Crippen molar-refractivity contribution in [3.8, 4) is 0 Å². The van der Waals surface area contributed by atoms with Gasteiger partial charge in [-0.3, -0.25) is 9.27 Å². The fraction of sp³-hybridized carbons (Fsp3) is 0.250. The van der Waals surface area contributed by atoms with Crippen LogP contribution in [-0.2, 0) is 24.1 Å². The smallest absolute Gasteiger partial charge is 0.259 e. The zero-order valence-corrected chi connectivity index (χ0v) is 14.6. The van der Waals surface area contributed by atoms with Crippen molar-refractivity contribution in [1.82, 2.24) is 0 Å². The van der Waals surface area contributed by atoms with Crippen LogP contribution < -0.4 is 4.72 Å². The fourth-order valence-corrected chi connectivity index (χ4v) is 2.85. The first-order valence-electron chi connectivity index (χ1n) is 6.84. The van der Waals surface area contributed by atoms with E-state index in [-0.39, 0.29) is 0 Å². The van der Waals surface area contributed by atoms with Crippen LogP contribution in [0.2, 0.25) is 0 Å². The van der Waals surface area contributed by atoms with Gasteiger partial charge in [-0.1, -0.05) is 24.3 Å². The molecule has 0 saturated heterocycles. The highest BCUT2D eigenvalue weighted by Crippen LogP contribution is 2.14. The van der Waals surface area contributed by atoms with Gasteiger partial charge in [0, 0.05) is 9.26 Å². The van der Waals surface area contributed by atoms with Gasteiger partial charge in [-0.2, -0.15) is 0 Å². The molecule has 21 heavy (non-hydrogen) atoms. The summed E-state index contributed by atoms with van der Waals surface area (Å²) in [7, 11) is 0. The van der Waals surface area contributed by atoms with Gasteiger partial charge in [-0.15, -0.1) is 0 Å². The van der Waals surface area contributed by atoms with Gasteiger partial charge in [0.05, 0.1) is 0 Å². The maximum Gasteiger partial charge on any atom is 0.259 e. The summed E-state index contributed by atoms with van der Waals surface area (Å²) in [6, 6.07) is 16.3. The van der Waals surface area contributed by atoms with Gasteiger partial charge in [0.25, 0.3) is 11.3 Å². The van der Waals surface area contributed by atoms with Crippen molar-refractivity contribution in [2.75, 3.05) is 4.72 Å². The molecule has 0 bridgehead atoms. The molecular weight excluding hydrogens is 397 g/mol. The molecule has 0 amide bonds. The van der Waals surface area contributed by atoms with E-state index >= 15 is 0 Å². The molecule has 0 aliphatic carbocycles. The van der Waals surface area contributed by atoms with Gasteiger partial charge in [0.1, 0.15) is 0 Å². The average Bonchev–Trinajstić information content (AvgIpc) is 2.46. The molecule has 0 heterocycles. The lowest BCUT2D eigenvalue weighted by Gasteiger charge is -2.05. The molecule has 1 unspecified atom stereocenters. The van der Waals surface area contributed by atoms with Gasteiger partial charge < -0.3 is 0 Å². The Morgan fingerprint density at radius 1 is 0.905 bits per heavy atom. The Kier molecular flexibility index (Phi) is 6.66. The summed E-state index contributed by atoms with van der Waals surface area (Å²) in [6.07, 6.45) is 4.46. The van der Waals surface area contributed by atoms with E-state index in [9.17, 15) is 4.21 Å². The summed E-state index contributed by atoms with van der Waals surface area (Å²) < 4.78 is 23.1. The van der Waals surface area contributed by atoms with Gasteiger partial charge in [0.2, 0.25) is 0 Å². The predicted molar refractivity (Wildman–Crippen MR) is 96.6 cm³/mol. The molecule has 3 nitrogen and oxygen atoms in total. The number of nitrogens with one attached hydrogen (secondary N) is 1. The Morgan fingerprint density at radius 3 is 1.86 bits per heavy atom. The van der Waals surface area contributed by atoms with Crippen LogP contribution in [-0.4, -0.2) is 8.76 Å². The minimum absolute atomic E-state index is 0.665. The third-order valence-electron chi connectivity index (χ3n) is 3.25. The number of hydrogen-bond donors (Lipinski definition) is 2. The molecule has 2 N–H and O–H groups in total. The fourth-order valence-electron chi connectivity index (χ4n) is 2.15. The minimum atomic E-state index is -2.00. The van der Waals surface area contributed by atoms with Crippen LogP contribution in [0.25, 0.3) is 0 Å². The largest absolute Gasteiger partial charge is 0.289 e. The number of rotatable bonds is 7. The van der Waals surface area contributed by atoms with E-state index in [2.05, 4.69) is 51.6 Å². The molecule has 5 heteroatoms. The highest BCUT2D eigenvalue weighted by molar-refractivity contribution is 14.1. The summed E-state index contributed by atoms with van der Waals surface area (Å²) >= 11 is 0.316. The molecule has 2 rings (SSSR count). The number of anilines is 1. The van der Waals surface area contributed by atoms with Gasteiger partial charge in [-0.05, 0) is 83.7 Å². The van der Waals surface area contributed by atoms with Crippen LogP contribution in [0.15, 0.2) is 48.5 Å². The van der Waals surface area contributed by atoms with E-state index in [0.717, 1.165) is 19.3 Å². The lowest BCUT2D eigenvalue weighted by molar-refractivity contribution is 0.570. The first-order valence-corrected chi connectivity index (χ1v) is 9.03. The minimum Gasteiger partial charge on any atom is -0.289 e. The second-order valence-corrected chi connectivity index (χ2v) is 6.83. The van der Waals surface area contributed by atoms with Crippen LogP contribution in [0.1, 0.15) is 24.0 Å². The summed E-state index contributed by atoms with van der Waals surface area (Å²) in [6.45, 7) is 0. The zero-order valence-electron chi connectivity index (χ0n) is 11.6. The van der Waals surface area contributed by atoms with E-state index in [4.69, 9.17) is 4.55 Å². The lowest BCUT2D eigenvalue weighted by atomic mass is 10.0. The Bertz CT molecular complexity index is 584. The topological polar surface area (TPSA) is 49.3 Å². The van der Waals surface area contributed by atoms with Crippen LogP contribution in [0.3, 0.4) is 0 Å². The van der Waals surface area contributed by atoms with E-state index in [1.165, 1.54) is 21.1 Å². The van der Waals surface area contributed by atoms with Crippen molar-refractivity contribution >= 4 is 39.5 Å². The average molecular weight is 415 g/mol. The first-order chi connectivity index (χ1) is 10.1. The van der Waals surface area contributed by atoms with Crippen molar-refractivity contribution < 1.29 is 8.76 Å². The van der Waals surface area contributed by atoms with E-state index in [0.29, 0.717) is 5.69 Å². The number of benzene rings is 2. The normalized spacial score (nSPS) is 12.1. The molecule has 0 aliphatic rings. The van der Waals surface area contributed by atoms with Crippen LogP contribution in [0, 0.1) is 3.57 Å². The molecule has 2 aromatic carbocycles. The standard InChI is InChI=1S/C16H18INO2S/c17-15-9-5-13(6-10-15)3-1-2-4-14-7-11-16(12-8-14)18-21(19)20/h5-12,18H,1-4H2,(H,19,20). The highest BCUT2D eigenvalue weighted by atomic mass is 127. The van der Waals surface area contributed by atoms with Crippen LogP contribution >= 0.6 is 22.6 Å². The second kappa shape index (κ2) is 8.51. The number of hydrogen-bond acceptors (Lipinski definition) is 1. The number of unbranched alkanes of at least 4 members (excludes halogenated alkanes) is 1. The van der Waals surface area contributed by atoms with Crippen molar-refractivity contribution in [2.45, 2.75) is 25.7 Å². The number of aryl methyl sites for hydroxylation is 2.